The molecule has 0 bridgehead atoms. The molecule has 0 unspecified atom stereocenters. The molecule has 0 amide bonds. The van der Waals surface area contributed by atoms with Gasteiger partial charge in [0.1, 0.15) is 5.58 Å². The summed E-state index contributed by atoms with van der Waals surface area (Å²) >= 11 is 0. The second-order valence-electron chi connectivity index (χ2n) is 7.05. The van der Waals surface area contributed by atoms with Crippen LogP contribution in [0.25, 0.3) is 21.7 Å². The van der Waals surface area contributed by atoms with E-state index in [1.165, 1.54) is 0 Å². The van der Waals surface area contributed by atoms with Crippen molar-refractivity contribution in [3.63, 3.8) is 0 Å². The Morgan fingerprint density at radius 3 is 2.74 bits per heavy atom. The SMILES string of the molecule is CCOC(=O)C1CCN(Cc2cc(=O)oc3ccc4ccccc4c23)CC1. The fourth-order valence-electron chi connectivity index (χ4n) is 3.97. The fraction of sp³-hybridized carbons (Fsp3) is 0.364. The Balaban J connectivity index is 1.62. The van der Waals surface area contributed by atoms with Gasteiger partial charge in [0.15, 0.2) is 0 Å². The third-order valence-corrected chi connectivity index (χ3v) is 5.32. The largest absolute Gasteiger partial charge is 0.466 e. The molecule has 1 aromatic heterocycles. The van der Waals surface area contributed by atoms with E-state index in [0.29, 0.717) is 18.7 Å². The Morgan fingerprint density at radius 2 is 1.96 bits per heavy atom. The molecule has 5 heteroatoms. The molecular formula is C22H23NO4. The van der Waals surface area contributed by atoms with E-state index in [4.69, 9.17) is 9.15 Å². The lowest BCUT2D eigenvalue weighted by molar-refractivity contribution is -0.149. The molecule has 0 N–H and O–H groups in total. The zero-order valence-electron chi connectivity index (χ0n) is 15.4. The molecule has 0 radical (unpaired) electrons. The summed E-state index contributed by atoms with van der Waals surface area (Å²) in [7, 11) is 0. The van der Waals surface area contributed by atoms with Gasteiger partial charge in [-0.2, -0.15) is 0 Å². The van der Waals surface area contributed by atoms with Gasteiger partial charge in [0, 0.05) is 18.0 Å². The molecule has 27 heavy (non-hydrogen) atoms. The van der Waals surface area contributed by atoms with E-state index in [1.54, 1.807) is 6.07 Å². The number of ether oxygens (including phenoxy) is 1. The van der Waals surface area contributed by atoms with Gasteiger partial charge in [-0.05, 0) is 55.3 Å². The van der Waals surface area contributed by atoms with Gasteiger partial charge >= 0.3 is 11.6 Å². The summed E-state index contributed by atoms with van der Waals surface area (Å²) in [5.74, 6) is -0.103. The quantitative estimate of drug-likeness (QED) is 0.401. The molecule has 140 valence electrons. The monoisotopic (exact) mass is 365 g/mol. The van der Waals surface area contributed by atoms with Gasteiger partial charge in [-0.15, -0.1) is 0 Å². The second-order valence-corrected chi connectivity index (χ2v) is 7.05. The van der Waals surface area contributed by atoms with Crippen molar-refractivity contribution in [1.82, 2.24) is 4.90 Å². The van der Waals surface area contributed by atoms with Gasteiger partial charge in [-0.1, -0.05) is 30.3 Å². The summed E-state index contributed by atoms with van der Waals surface area (Å²) in [5.41, 5.74) is 1.28. The zero-order valence-corrected chi connectivity index (χ0v) is 15.4. The summed E-state index contributed by atoms with van der Waals surface area (Å²) in [4.78, 5) is 26.3. The van der Waals surface area contributed by atoms with Gasteiger partial charge in [0.2, 0.25) is 0 Å². The Labute approximate surface area is 157 Å². The van der Waals surface area contributed by atoms with Gasteiger partial charge in [0.05, 0.1) is 12.5 Å². The number of hydrogen-bond donors (Lipinski definition) is 0. The van der Waals surface area contributed by atoms with Crippen molar-refractivity contribution < 1.29 is 13.9 Å². The van der Waals surface area contributed by atoms with Crippen LogP contribution in [0.1, 0.15) is 25.3 Å². The van der Waals surface area contributed by atoms with E-state index in [9.17, 15) is 9.59 Å². The number of benzene rings is 2. The first-order valence-electron chi connectivity index (χ1n) is 9.49. The van der Waals surface area contributed by atoms with Gasteiger partial charge in [-0.3, -0.25) is 9.69 Å². The van der Waals surface area contributed by atoms with Crippen molar-refractivity contribution in [3.05, 3.63) is 58.4 Å². The smallest absolute Gasteiger partial charge is 0.336 e. The van der Waals surface area contributed by atoms with Crippen LogP contribution in [0, 0.1) is 5.92 Å². The first-order chi connectivity index (χ1) is 13.2. The Kier molecular flexibility index (Phi) is 4.94. The van der Waals surface area contributed by atoms with Crippen molar-refractivity contribution in [3.8, 4) is 0 Å². The Morgan fingerprint density at radius 1 is 1.19 bits per heavy atom. The highest BCUT2D eigenvalue weighted by Gasteiger charge is 2.26. The normalized spacial score (nSPS) is 16.0. The molecule has 3 aromatic rings. The number of carbonyl (C=O) groups is 1. The number of nitrogens with zero attached hydrogens (tertiary/aromatic N) is 1. The average Bonchev–Trinajstić information content (AvgIpc) is 2.68. The lowest BCUT2D eigenvalue weighted by atomic mass is 9.96. The third kappa shape index (κ3) is 3.60. The van der Waals surface area contributed by atoms with Crippen LogP contribution in [0.5, 0.6) is 0 Å². The second kappa shape index (κ2) is 7.53. The lowest BCUT2D eigenvalue weighted by Gasteiger charge is -2.31. The summed E-state index contributed by atoms with van der Waals surface area (Å²) in [6.07, 6.45) is 1.58. The summed E-state index contributed by atoms with van der Waals surface area (Å²) < 4.78 is 10.6. The molecule has 1 saturated heterocycles. The van der Waals surface area contributed by atoms with Crippen LogP contribution >= 0.6 is 0 Å². The molecular weight excluding hydrogens is 342 g/mol. The minimum atomic E-state index is -0.325. The molecule has 1 fully saturated rings. The van der Waals surface area contributed by atoms with Crippen molar-refractivity contribution in [2.75, 3.05) is 19.7 Å². The highest BCUT2D eigenvalue weighted by molar-refractivity contribution is 6.07. The van der Waals surface area contributed by atoms with Gasteiger partial charge in [-0.25, -0.2) is 4.79 Å². The zero-order chi connectivity index (χ0) is 18.8. The molecule has 2 aromatic carbocycles. The van der Waals surface area contributed by atoms with E-state index in [2.05, 4.69) is 17.0 Å². The molecule has 0 aliphatic carbocycles. The summed E-state index contributed by atoms with van der Waals surface area (Å²) in [5, 5.41) is 3.22. The van der Waals surface area contributed by atoms with Crippen LogP contribution in [-0.4, -0.2) is 30.6 Å². The van der Waals surface area contributed by atoms with E-state index >= 15 is 0 Å². The van der Waals surface area contributed by atoms with Crippen molar-refractivity contribution in [2.24, 2.45) is 5.92 Å². The average molecular weight is 365 g/mol. The number of fused-ring (bicyclic) bond motifs is 3. The maximum Gasteiger partial charge on any atom is 0.336 e. The summed E-state index contributed by atoms with van der Waals surface area (Å²) in [6.45, 7) is 4.57. The maximum absolute atomic E-state index is 12.0. The third-order valence-electron chi connectivity index (χ3n) is 5.32. The molecule has 0 spiro atoms. The van der Waals surface area contributed by atoms with Crippen LogP contribution in [0.4, 0.5) is 0 Å². The van der Waals surface area contributed by atoms with Crippen LogP contribution < -0.4 is 5.63 Å². The number of esters is 1. The van der Waals surface area contributed by atoms with Crippen LogP contribution in [0.3, 0.4) is 0 Å². The van der Waals surface area contributed by atoms with Gasteiger partial charge < -0.3 is 9.15 Å². The van der Waals surface area contributed by atoms with Crippen LogP contribution in [0.15, 0.2) is 51.7 Å². The predicted octanol–water partition coefficient (Wildman–Crippen LogP) is 3.72. The highest BCUT2D eigenvalue weighted by atomic mass is 16.5. The molecule has 4 rings (SSSR count). The van der Waals surface area contributed by atoms with Crippen LogP contribution in [0.2, 0.25) is 0 Å². The number of hydrogen-bond acceptors (Lipinski definition) is 5. The van der Waals surface area contributed by atoms with E-state index in [0.717, 1.165) is 47.7 Å². The predicted molar refractivity (Wildman–Crippen MR) is 105 cm³/mol. The lowest BCUT2D eigenvalue weighted by Crippen LogP contribution is -2.36. The minimum Gasteiger partial charge on any atom is -0.466 e. The Bertz CT molecular complexity index is 1030. The molecule has 0 saturated carbocycles. The molecule has 1 aliphatic heterocycles. The fourth-order valence-corrected chi connectivity index (χ4v) is 3.97. The molecule has 5 nitrogen and oxygen atoms in total. The topological polar surface area (TPSA) is 59.8 Å². The van der Waals surface area contributed by atoms with Crippen molar-refractivity contribution in [1.29, 1.82) is 0 Å². The highest BCUT2D eigenvalue weighted by Crippen LogP contribution is 2.29. The standard InChI is InChI=1S/C22H23NO4/c1-2-26-22(25)16-9-11-23(12-10-16)14-17-13-20(24)27-19-8-7-15-5-3-4-6-18(15)21(17)19/h3-8,13,16H,2,9-12,14H2,1H3. The van der Waals surface area contributed by atoms with E-state index in [-0.39, 0.29) is 17.5 Å². The number of likely N-dealkylation sites (tertiary alicyclic amines) is 1. The molecule has 2 heterocycles. The molecule has 0 atom stereocenters. The van der Waals surface area contributed by atoms with E-state index < -0.39 is 0 Å². The Hall–Kier alpha value is -2.66. The van der Waals surface area contributed by atoms with E-state index in [1.807, 2.05) is 31.2 Å². The molecule has 1 aliphatic rings. The van der Waals surface area contributed by atoms with Gasteiger partial charge in [0.25, 0.3) is 0 Å². The van der Waals surface area contributed by atoms with Crippen molar-refractivity contribution in [2.45, 2.75) is 26.3 Å². The minimum absolute atomic E-state index is 0.0142. The summed E-state index contributed by atoms with van der Waals surface area (Å²) in [6, 6.07) is 13.6. The van der Waals surface area contributed by atoms with Crippen LogP contribution in [-0.2, 0) is 16.1 Å². The first-order valence-corrected chi connectivity index (χ1v) is 9.49. The number of rotatable bonds is 4. The number of piperidine rings is 1. The maximum atomic E-state index is 12.0. The number of carbonyl (C=O) groups excluding carboxylic acids is 1. The van der Waals surface area contributed by atoms with Crippen molar-refractivity contribution >= 4 is 27.7 Å². The first kappa shape index (κ1) is 17.7.